The summed E-state index contributed by atoms with van der Waals surface area (Å²) in [5.74, 6) is -1.34. The van der Waals surface area contributed by atoms with Gasteiger partial charge in [-0.15, -0.1) is 0 Å². The maximum atomic E-state index is 13.6. The molecule has 0 atom stereocenters. The van der Waals surface area contributed by atoms with E-state index in [-0.39, 0.29) is 21.3 Å². The molecule has 4 rings (SSSR count). The van der Waals surface area contributed by atoms with Gasteiger partial charge in [0.1, 0.15) is 5.82 Å². The van der Waals surface area contributed by atoms with Gasteiger partial charge in [-0.2, -0.15) is 0 Å². The van der Waals surface area contributed by atoms with Crippen molar-refractivity contribution in [3.05, 3.63) is 54.4 Å². The highest BCUT2D eigenvalue weighted by Gasteiger charge is 2.47. The standard InChI is InChI=1S/C15H13FINO4S2/c16-9-2-1-8(7-10(9)17)13-14-11(3-5-23(14,19)20)18-12-4-6-24(21,22)15(12)13/h1-2,7,13,18H,3-6H2. The topological polar surface area (TPSA) is 80.3 Å². The molecule has 0 aliphatic carbocycles. The van der Waals surface area contributed by atoms with Crippen LogP contribution in [0.3, 0.4) is 0 Å². The molecular formula is C15H13FINO4S2. The first kappa shape index (κ1) is 16.5. The summed E-state index contributed by atoms with van der Waals surface area (Å²) in [6, 6.07) is 4.26. The zero-order chi connectivity index (χ0) is 17.3. The highest BCUT2D eigenvalue weighted by Crippen LogP contribution is 2.49. The van der Waals surface area contributed by atoms with Gasteiger partial charge >= 0.3 is 0 Å². The molecule has 5 nitrogen and oxygen atoms in total. The van der Waals surface area contributed by atoms with Gasteiger partial charge < -0.3 is 5.32 Å². The van der Waals surface area contributed by atoms with Crippen molar-refractivity contribution in [1.82, 2.24) is 5.32 Å². The molecule has 0 saturated heterocycles. The Balaban J connectivity index is 2.00. The molecule has 0 aromatic heterocycles. The predicted molar refractivity (Wildman–Crippen MR) is 95.9 cm³/mol. The minimum absolute atomic E-state index is 0.0277. The van der Waals surface area contributed by atoms with Crippen LogP contribution in [0.25, 0.3) is 0 Å². The van der Waals surface area contributed by atoms with Gasteiger partial charge in [-0.3, -0.25) is 0 Å². The molecule has 3 heterocycles. The minimum atomic E-state index is -3.53. The number of benzene rings is 1. The number of sulfone groups is 2. The van der Waals surface area contributed by atoms with Gasteiger partial charge in [0.05, 0.1) is 27.2 Å². The summed E-state index contributed by atoms with van der Waals surface area (Å²) in [6.07, 6.45) is 0.701. The van der Waals surface area contributed by atoms with Gasteiger partial charge in [-0.1, -0.05) is 6.07 Å². The third kappa shape index (κ3) is 2.35. The van der Waals surface area contributed by atoms with Gasteiger partial charge in [-0.25, -0.2) is 21.2 Å². The maximum absolute atomic E-state index is 13.6. The normalized spacial score (nSPS) is 24.8. The molecule has 128 valence electrons. The number of rotatable bonds is 1. The van der Waals surface area contributed by atoms with Crippen LogP contribution in [-0.2, 0) is 19.7 Å². The van der Waals surface area contributed by atoms with Gasteiger partial charge in [0.25, 0.3) is 0 Å². The van der Waals surface area contributed by atoms with Crippen LogP contribution in [0.5, 0.6) is 0 Å². The molecule has 0 bridgehead atoms. The van der Waals surface area contributed by atoms with Crippen LogP contribution in [0, 0.1) is 9.39 Å². The molecule has 0 spiro atoms. The summed E-state index contributed by atoms with van der Waals surface area (Å²) >= 11 is 1.82. The monoisotopic (exact) mass is 481 g/mol. The Kier molecular flexibility index (Phi) is 3.63. The number of hydrogen-bond acceptors (Lipinski definition) is 5. The molecule has 1 N–H and O–H groups in total. The van der Waals surface area contributed by atoms with Gasteiger partial charge in [0, 0.05) is 27.8 Å². The van der Waals surface area contributed by atoms with Crippen molar-refractivity contribution in [2.24, 2.45) is 0 Å². The van der Waals surface area contributed by atoms with E-state index < -0.39 is 31.4 Å². The molecule has 1 aromatic carbocycles. The van der Waals surface area contributed by atoms with Crippen molar-refractivity contribution in [3.63, 3.8) is 0 Å². The highest BCUT2D eigenvalue weighted by atomic mass is 127. The Hall–Kier alpha value is -0.940. The van der Waals surface area contributed by atoms with Crippen LogP contribution in [-0.4, -0.2) is 28.3 Å². The Bertz CT molecular complexity index is 983. The van der Waals surface area contributed by atoms with Crippen LogP contribution in [0.15, 0.2) is 39.4 Å². The van der Waals surface area contributed by atoms with Crippen molar-refractivity contribution in [2.45, 2.75) is 18.8 Å². The Morgan fingerprint density at radius 1 is 1.00 bits per heavy atom. The van der Waals surface area contributed by atoms with E-state index in [1.54, 1.807) is 0 Å². The first-order valence-corrected chi connectivity index (χ1v) is 11.7. The molecule has 0 radical (unpaired) electrons. The molecule has 24 heavy (non-hydrogen) atoms. The van der Waals surface area contributed by atoms with Crippen molar-refractivity contribution < 1.29 is 21.2 Å². The van der Waals surface area contributed by atoms with Crippen molar-refractivity contribution in [2.75, 3.05) is 11.5 Å². The molecule has 3 aliphatic heterocycles. The lowest BCUT2D eigenvalue weighted by molar-refractivity contribution is 0.599. The zero-order valence-electron chi connectivity index (χ0n) is 12.3. The molecule has 9 heteroatoms. The lowest BCUT2D eigenvalue weighted by Gasteiger charge is -2.27. The van der Waals surface area contributed by atoms with Gasteiger partial charge in [0.15, 0.2) is 19.7 Å². The lowest BCUT2D eigenvalue weighted by Crippen LogP contribution is -2.26. The van der Waals surface area contributed by atoms with Crippen LogP contribution in [0.2, 0.25) is 0 Å². The zero-order valence-corrected chi connectivity index (χ0v) is 16.1. The third-order valence-corrected chi connectivity index (χ3v) is 9.22. The van der Waals surface area contributed by atoms with E-state index in [9.17, 15) is 21.2 Å². The minimum Gasteiger partial charge on any atom is -0.361 e. The molecule has 0 unspecified atom stereocenters. The number of dihydropyridines is 1. The van der Waals surface area contributed by atoms with Crippen molar-refractivity contribution in [3.8, 4) is 0 Å². The van der Waals surface area contributed by atoms with E-state index >= 15 is 0 Å². The van der Waals surface area contributed by atoms with E-state index in [2.05, 4.69) is 5.32 Å². The van der Waals surface area contributed by atoms with Crippen LogP contribution >= 0.6 is 22.6 Å². The quantitative estimate of drug-likeness (QED) is 0.623. The van der Waals surface area contributed by atoms with E-state index in [1.807, 2.05) is 22.6 Å². The Morgan fingerprint density at radius 2 is 1.54 bits per heavy atom. The second-order valence-corrected chi connectivity index (χ2v) is 11.4. The number of allylic oxidation sites excluding steroid dienone is 4. The second-order valence-electron chi connectivity index (χ2n) is 6.05. The molecule has 1 aromatic rings. The first-order valence-electron chi connectivity index (χ1n) is 7.34. The average molecular weight is 481 g/mol. The number of hydrogen-bond donors (Lipinski definition) is 1. The second kappa shape index (κ2) is 5.28. The lowest BCUT2D eigenvalue weighted by atomic mass is 9.93. The van der Waals surface area contributed by atoms with E-state index in [4.69, 9.17) is 0 Å². The van der Waals surface area contributed by atoms with Crippen molar-refractivity contribution in [1.29, 1.82) is 0 Å². The summed E-state index contributed by atoms with van der Waals surface area (Å²) in [7, 11) is -7.07. The smallest absolute Gasteiger partial charge is 0.177 e. The van der Waals surface area contributed by atoms with E-state index in [0.29, 0.717) is 33.4 Å². The summed E-state index contributed by atoms with van der Waals surface area (Å²) < 4.78 is 64.1. The fraction of sp³-hybridized carbons (Fsp3) is 0.333. The van der Waals surface area contributed by atoms with Crippen LogP contribution < -0.4 is 5.32 Å². The predicted octanol–water partition coefficient (Wildman–Crippen LogP) is 2.18. The molecule has 0 fully saturated rings. The third-order valence-electron chi connectivity index (χ3n) is 4.61. The summed E-state index contributed by atoms with van der Waals surface area (Å²) in [6.45, 7) is 0. The van der Waals surface area contributed by atoms with Gasteiger partial charge in [-0.05, 0) is 40.3 Å². The first-order chi connectivity index (χ1) is 11.2. The van der Waals surface area contributed by atoms with Crippen molar-refractivity contribution >= 4 is 42.3 Å². The molecule has 0 saturated carbocycles. The van der Waals surface area contributed by atoms with Crippen LogP contribution in [0.1, 0.15) is 24.3 Å². The molecule has 3 aliphatic rings. The van der Waals surface area contributed by atoms with Gasteiger partial charge in [0.2, 0.25) is 0 Å². The average Bonchev–Trinajstić information content (AvgIpc) is 2.98. The number of halogens is 2. The Morgan fingerprint density at radius 3 is 2.04 bits per heavy atom. The van der Waals surface area contributed by atoms with Crippen LogP contribution in [0.4, 0.5) is 4.39 Å². The summed E-state index contributed by atoms with van der Waals surface area (Å²) in [4.78, 5) is 0.267. The summed E-state index contributed by atoms with van der Waals surface area (Å²) in [5.41, 5.74) is 1.66. The summed E-state index contributed by atoms with van der Waals surface area (Å²) in [5, 5.41) is 3.04. The fourth-order valence-electron chi connectivity index (χ4n) is 3.57. The number of nitrogens with one attached hydrogen (secondary N) is 1. The largest absolute Gasteiger partial charge is 0.361 e. The molecular weight excluding hydrogens is 468 g/mol. The molecule has 0 amide bonds. The van der Waals surface area contributed by atoms with E-state index in [0.717, 1.165) is 0 Å². The Labute approximate surface area is 153 Å². The van der Waals surface area contributed by atoms with E-state index in [1.165, 1.54) is 18.2 Å². The highest BCUT2D eigenvalue weighted by molar-refractivity contribution is 14.1. The maximum Gasteiger partial charge on any atom is 0.177 e. The SMILES string of the molecule is O=S1(=O)CCC2=C1C(c1ccc(F)c(I)c1)C1=C(CCS1(=O)=O)N2. The fourth-order valence-corrected chi connectivity index (χ4v) is 7.85.